The van der Waals surface area contributed by atoms with Crippen molar-refractivity contribution < 1.29 is 44.1 Å². The Balaban J connectivity index is 1.80. The van der Waals surface area contributed by atoms with Gasteiger partial charge in [-0.25, -0.2) is 4.79 Å². The van der Waals surface area contributed by atoms with Crippen LogP contribution in [0.1, 0.15) is 90.2 Å². The molecule has 0 spiro atoms. The van der Waals surface area contributed by atoms with Crippen molar-refractivity contribution in [2.45, 2.75) is 122 Å². The summed E-state index contributed by atoms with van der Waals surface area (Å²) in [6.07, 6.45) is 5.64. The van der Waals surface area contributed by atoms with E-state index in [1.165, 1.54) is 12.1 Å². The average Bonchev–Trinajstić information content (AvgIpc) is 3.62. The molecule has 2 aromatic carbocycles. The highest BCUT2D eigenvalue weighted by molar-refractivity contribution is 5.96. The van der Waals surface area contributed by atoms with Crippen LogP contribution in [-0.2, 0) is 41.6 Å². The van der Waals surface area contributed by atoms with Crippen molar-refractivity contribution >= 4 is 52.4 Å². The van der Waals surface area contributed by atoms with Crippen molar-refractivity contribution in [3.05, 3.63) is 65.9 Å². The standard InChI is InChI=1S/C44H65N9O9/c1-26(2)11-6-5-7-15-38(56)49-35(22-28-16-18-30(55)19-17-28)40(58)53-37(25-54)42(60)51-34(21-27(3)4)39(57)52-36(23-29-24-48-32-13-9-8-12-31(29)32)41(59)50-33(43(61)62)14-10-20-47-44(45)46/h8-9,12-13,16-19,24,26-27,33-37,48,54-55H,5-7,10-11,14-15,20-23,25H2,1-4H3,(H,49,56)(H,50,59)(H,51,60)(H,52,57)(H,53,58)(H,61,62)(H4,45,46,47)/t33-,34+,35+,36-,37-/m0/s1. The van der Waals surface area contributed by atoms with Gasteiger partial charge in [0, 0.05) is 42.9 Å². The van der Waals surface area contributed by atoms with Gasteiger partial charge in [-0.3, -0.25) is 29.4 Å². The van der Waals surface area contributed by atoms with Gasteiger partial charge in [-0.1, -0.05) is 77.3 Å². The largest absolute Gasteiger partial charge is 0.508 e. The lowest BCUT2D eigenvalue weighted by Gasteiger charge is -2.27. The van der Waals surface area contributed by atoms with Crippen molar-refractivity contribution in [3.63, 3.8) is 0 Å². The highest BCUT2D eigenvalue weighted by atomic mass is 16.4. The Kier molecular flexibility index (Phi) is 20.7. The summed E-state index contributed by atoms with van der Waals surface area (Å²) >= 11 is 0. The number of aromatic amines is 1. The van der Waals surface area contributed by atoms with Gasteiger partial charge in [-0.05, 0) is 66.8 Å². The summed E-state index contributed by atoms with van der Waals surface area (Å²) in [6, 6.07) is 6.81. The van der Waals surface area contributed by atoms with E-state index in [2.05, 4.69) is 50.7 Å². The number of guanidine groups is 1. The Morgan fingerprint density at radius 2 is 1.29 bits per heavy atom. The Morgan fingerprint density at radius 3 is 1.92 bits per heavy atom. The fraction of sp³-hybridized carbons (Fsp3) is 0.523. The van der Waals surface area contributed by atoms with E-state index in [1.54, 1.807) is 18.3 Å². The first-order chi connectivity index (χ1) is 29.5. The van der Waals surface area contributed by atoms with Crippen molar-refractivity contribution in [3.8, 4) is 5.75 Å². The minimum absolute atomic E-state index is 0.00662. The molecule has 0 radical (unpaired) electrons. The predicted octanol–water partition coefficient (Wildman–Crippen LogP) is 2.08. The van der Waals surface area contributed by atoms with Gasteiger partial charge in [0.15, 0.2) is 5.96 Å². The highest BCUT2D eigenvalue weighted by Gasteiger charge is 2.33. The Bertz CT molecular complexity index is 1950. The first-order valence-electron chi connectivity index (χ1n) is 21.2. The molecule has 0 aliphatic rings. The molecular weight excluding hydrogens is 799 g/mol. The van der Waals surface area contributed by atoms with Gasteiger partial charge in [0.1, 0.15) is 36.0 Å². The molecule has 0 bridgehead atoms. The second-order valence-corrected chi connectivity index (χ2v) is 16.4. The van der Waals surface area contributed by atoms with Crippen LogP contribution in [0.4, 0.5) is 0 Å². The molecule has 18 heteroatoms. The van der Waals surface area contributed by atoms with Gasteiger partial charge in [-0.15, -0.1) is 0 Å². The van der Waals surface area contributed by atoms with Gasteiger partial charge in [-0.2, -0.15) is 0 Å². The third kappa shape index (κ3) is 17.4. The summed E-state index contributed by atoms with van der Waals surface area (Å²) < 4.78 is 0. The first kappa shape index (κ1) is 50.2. The molecule has 340 valence electrons. The number of aliphatic hydroxyl groups is 1. The van der Waals surface area contributed by atoms with Crippen LogP contribution in [0, 0.1) is 17.2 Å². The Hall–Kier alpha value is -6.17. The van der Waals surface area contributed by atoms with Crippen LogP contribution in [0.15, 0.2) is 54.7 Å². The lowest BCUT2D eigenvalue weighted by molar-refractivity contribution is -0.142. The number of hydrogen-bond donors (Lipinski definition) is 12. The number of phenols is 1. The number of carbonyl (C=O) groups is 6. The number of nitrogens with one attached hydrogen (secondary N) is 8. The van der Waals surface area contributed by atoms with Crippen LogP contribution >= 0.6 is 0 Å². The molecule has 0 saturated heterocycles. The molecule has 3 rings (SSSR count). The molecule has 62 heavy (non-hydrogen) atoms. The van der Waals surface area contributed by atoms with Crippen molar-refractivity contribution in [2.24, 2.45) is 17.6 Å². The number of phenolic OH excluding ortho intramolecular Hbond substituents is 1. The van der Waals surface area contributed by atoms with Gasteiger partial charge >= 0.3 is 5.97 Å². The number of carboxylic acids is 1. The van der Waals surface area contributed by atoms with E-state index in [0.717, 1.165) is 30.2 Å². The highest BCUT2D eigenvalue weighted by Crippen LogP contribution is 2.20. The number of rotatable bonds is 27. The van der Waals surface area contributed by atoms with E-state index in [1.807, 2.05) is 38.1 Å². The maximum absolute atomic E-state index is 14.1. The molecular formula is C44H65N9O9. The number of fused-ring (bicyclic) bond motifs is 1. The number of para-hydroxylation sites is 1. The summed E-state index contributed by atoms with van der Waals surface area (Å²) in [5.41, 5.74) is 7.37. The molecule has 0 saturated carbocycles. The molecule has 18 nitrogen and oxygen atoms in total. The van der Waals surface area contributed by atoms with E-state index in [9.17, 15) is 44.1 Å². The summed E-state index contributed by atoms with van der Waals surface area (Å²) in [5, 5.41) is 53.8. The summed E-state index contributed by atoms with van der Waals surface area (Å²) in [6.45, 7) is 7.23. The zero-order chi connectivity index (χ0) is 45.8. The SMILES string of the molecule is CC(C)CCCCCC(=O)N[C@H](Cc1ccc(O)cc1)C(=O)N[C@@H](CO)C(=O)N[C@H](CC(C)C)C(=O)N[C@@H](Cc1c[nH]c2ccccc12)C(=O)N[C@@H](CCCNC(=N)N)C(=O)O. The third-order valence-corrected chi connectivity index (χ3v) is 10.2. The molecule has 0 unspecified atom stereocenters. The predicted molar refractivity (Wildman–Crippen MR) is 235 cm³/mol. The van der Waals surface area contributed by atoms with E-state index in [0.29, 0.717) is 23.5 Å². The van der Waals surface area contributed by atoms with Crippen LogP contribution in [0.3, 0.4) is 0 Å². The topological polar surface area (TPSA) is 301 Å². The van der Waals surface area contributed by atoms with E-state index in [4.69, 9.17) is 11.1 Å². The number of nitrogens with two attached hydrogens (primary N) is 1. The monoisotopic (exact) mass is 863 g/mol. The van der Waals surface area contributed by atoms with Crippen molar-refractivity contribution in [1.29, 1.82) is 5.41 Å². The van der Waals surface area contributed by atoms with Gasteiger partial charge in [0.25, 0.3) is 0 Å². The lowest BCUT2D eigenvalue weighted by Crippen LogP contribution is -2.60. The number of unbranched alkanes of at least 4 members (excludes halogenated alkanes) is 2. The number of benzene rings is 2. The number of amides is 5. The van der Waals surface area contributed by atoms with Crippen molar-refractivity contribution in [2.75, 3.05) is 13.2 Å². The number of aromatic nitrogens is 1. The molecule has 5 amide bonds. The number of aromatic hydroxyl groups is 1. The van der Waals surface area contributed by atoms with E-state index >= 15 is 0 Å². The third-order valence-electron chi connectivity index (χ3n) is 10.2. The number of H-pyrrole nitrogens is 1. The fourth-order valence-corrected chi connectivity index (χ4v) is 6.86. The molecule has 3 aromatic rings. The number of carboxylic acid groups (broad SMARTS) is 1. The lowest BCUT2D eigenvalue weighted by atomic mass is 10.00. The minimum Gasteiger partial charge on any atom is -0.508 e. The zero-order valence-corrected chi connectivity index (χ0v) is 36.1. The number of hydrogen-bond acceptors (Lipinski definition) is 9. The summed E-state index contributed by atoms with van der Waals surface area (Å²) in [7, 11) is 0. The molecule has 13 N–H and O–H groups in total. The maximum atomic E-state index is 14.1. The van der Waals surface area contributed by atoms with Crippen LogP contribution in [0.5, 0.6) is 5.75 Å². The average molecular weight is 864 g/mol. The Labute approximate surface area is 362 Å². The summed E-state index contributed by atoms with van der Waals surface area (Å²) in [4.78, 5) is 83.7. The van der Waals surface area contributed by atoms with Gasteiger partial charge < -0.3 is 57.9 Å². The molecule has 1 aromatic heterocycles. The molecule has 0 aliphatic carbocycles. The molecule has 5 atom stereocenters. The number of aliphatic carboxylic acids is 1. The minimum atomic E-state index is -1.54. The van der Waals surface area contributed by atoms with Crippen LogP contribution < -0.4 is 37.6 Å². The Morgan fingerprint density at radius 1 is 0.694 bits per heavy atom. The number of carbonyl (C=O) groups excluding carboxylic acids is 5. The number of aliphatic hydroxyl groups excluding tert-OH is 1. The zero-order valence-electron chi connectivity index (χ0n) is 36.1. The van der Waals surface area contributed by atoms with Crippen molar-refractivity contribution in [1.82, 2.24) is 36.9 Å². The molecule has 1 heterocycles. The fourth-order valence-electron chi connectivity index (χ4n) is 6.86. The maximum Gasteiger partial charge on any atom is 0.326 e. The molecule has 0 fully saturated rings. The van der Waals surface area contributed by atoms with E-state index in [-0.39, 0.29) is 68.6 Å². The first-order valence-corrected chi connectivity index (χ1v) is 21.2. The van der Waals surface area contributed by atoms with Gasteiger partial charge in [0.2, 0.25) is 29.5 Å². The van der Waals surface area contributed by atoms with Crippen LogP contribution in [0.2, 0.25) is 0 Å². The smallest absolute Gasteiger partial charge is 0.326 e. The second-order valence-electron chi connectivity index (χ2n) is 16.4. The van der Waals surface area contributed by atoms with E-state index < -0.39 is 66.4 Å². The van der Waals surface area contributed by atoms with Crippen LogP contribution in [-0.4, -0.2) is 105 Å². The quantitative estimate of drug-likeness (QED) is 0.0299. The molecule has 0 aliphatic heterocycles. The summed E-state index contributed by atoms with van der Waals surface area (Å²) in [5.74, 6) is -4.76. The van der Waals surface area contributed by atoms with Gasteiger partial charge in [0.05, 0.1) is 6.61 Å². The second kappa shape index (κ2) is 25.6. The van der Waals surface area contributed by atoms with Crippen LogP contribution in [0.25, 0.3) is 10.9 Å². The normalized spacial score (nSPS) is 13.7.